The molecule has 0 aromatic heterocycles. The van der Waals surface area contributed by atoms with Gasteiger partial charge < -0.3 is 20.9 Å². The highest BCUT2D eigenvalue weighted by Crippen LogP contribution is 2.07. The van der Waals surface area contributed by atoms with Crippen LogP contribution in [0, 0.1) is 0 Å². The molecule has 0 aliphatic rings. The second kappa shape index (κ2) is 10.9. The lowest BCUT2D eigenvalue weighted by molar-refractivity contribution is -0.120. The number of aliphatic hydroxyl groups excluding tert-OH is 1. The quantitative estimate of drug-likeness (QED) is 0.705. The summed E-state index contributed by atoms with van der Waals surface area (Å²) in [6.45, 7) is 7.20. The molecule has 0 aromatic carbocycles. The predicted octanol–water partition coefficient (Wildman–Crippen LogP) is 1.12. The average Bonchev–Trinajstić information content (AvgIpc) is 2.22. The first-order chi connectivity index (χ1) is 8.67. The number of primary amides is 1. The first-order valence-electron chi connectivity index (χ1n) is 6.06. The Morgan fingerprint density at radius 2 is 1.89 bits per heavy atom. The van der Waals surface area contributed by atoms with E-state index in [0.29, 0.717) is 6.42 Å². The van der Waals surface area contributed by atoms with E-state index in [-0.39, 0.29) is 6.61 Å². The number of carbonyl (C=O) groups excluding carboxylic acids is 2. The van der Waals surface area contributed by atoms with Crippen LogP contribution in [-0.2, 0) is 9.53 Å². The SMILES string of the molecule is CCO.CSCCC(NC(=O)OC(C)(C)C)C(N)=O. The van der Waals surface area contributed by atoms with Crippen LogP contribution in [0.5, 0.6) is 0 Å². The minimum absolute atomic E-state index is 0.250. The number of aliphatic hydroxyl groups is 1. The molecule has 4 N–H and O–H groups in total. The average molecular weight is 294 g/mol. The van der Waals surface area contributed by atoms with Gasteiger partial charge in [-0.1, -0.05) is 0 Å². The third kappa shape index (κ3) is 15.0. The van der Waals surface area contributed by atoms with Crippen LogP contribution < -0.4 is 11.1 Å². The number of carbonyl (C=O) groups is 2. The summed E-state index contributed by atoms with van der Waals surface area (Å²) in [5.41, 5.74) is 4.59. The van der Waals surface area contributed by atoms with Crippen LogP contribution in [0.15, 0.2) is 0 Å². The molecule has 0 saturated carbocycles. The van der Waals surface area contributed by atoms with Gasteiger partial charge in [-0.05, 0) is 46.1 Å². The number of hydrogen-bond donors (Lipinski definition) is 3. The molecule has 0 saturated heterocycles. The summed E-state index contributed by atoms with van der Waals surface area (Å²) in [4.78, 5) is 22.4. The maximum atomic E-state index is 11.4. The molecule has 0 aliphatic heterocycles. The van der Waals surface area contributed by atoms with Crippen molar-refractivity contribution >= 4 is 23.8 Å². The van der Waals surface area contributed by atoms with Crippen molar-refractivity contribution in [1.82, 2.24) is 5.32 Å². The fourth-order valence-corrected chi connectivity index (χ4v) is 1.44. The zero-order valence-corrected chi connectivity index (χ0v) is 13.2. The van der Waals surface area contributed by atoms with Gasteiger partial charge in [0.25, 0.3) is 0 Å². The van der Waals surface area contributed by atoms with E-state index in [1.54, 1.807) is 39.5 Å². The lowest BCUT2D eigenvalue weighted by Gasteiger charge is -2.22. The highest BCUT2D eigenvalue weighted by Gasteiger charge is 2.22. The summed E-state index contributed by atoms with van der Waals surface area (Å²) in [7, 11) is 0. The summed E-state index contributed by atoms with van der Waals surface area (Å²) in [5.74, 6) is 0.212. The van der Waals surface area contributed by atoms with Crippen molar-refractivity contribution in [3.05, 3.63) is 0 Å². The first kappa shape index (κ1) is 20.4. The molecule has 0 radical (unpaired) electrons. The molecule has 0 bridgehead atoms. The van der Waals surface area contributed by atoms with E-state index in [9.17, 15) is 9.59 Å². The standard InChI is InChI=1S/C10H20N2O3S.C2H6O/c1-10(2,3)15-9(14)12-7(8(11)13)5-6-16-4;1-2-3/h7H,5-6H2,1-4H3,(H2,11,13)(H,12,14);3H,2H2,1H3. The van der Waals surface area contributed by atoms with Gasteiger partial charge >= 0.3 is 6.09 Å². The van der Waals surface area contributed by atoms with Gasteiger partial charge in [0.2, 0.25) is 5.91 Å². The molecule has 0 heterocycles. The molecule has 2 amide bonds. The summed E-state index contributed by atoms with van der Waals surface area (Å²) in [6, 6.07) is -0.665. The highest BCUT2D eigenvalue weighted by atomic mass is 32.2. The van der Waals surface area contributed by atoms with Gasteiger partial charge in [0.05, 0.1) is 0 Å². The van der Waals surface area contributed by atoms with Crippen LogP contribution in [0.25, 0.3) is 0 Å². The van der Waals surface area contributed by atoms with E-state index in [0.717, 1.165) is 5.75 Å². The van der Waals surface area contributed by atoms with Crippen LogP contribution in [0.2, 0.25) is 0 Å². The van der Waals surface area contributed by atoms with E-state index in [1.165, 1.54) is 0 Å². The second-order valence-corrected chi connectivity index (χ2v) is 5.68. The third-order valence-electron chi connectivity index (χ3n) is 1.65. The highest BCUT2D eigenvalue weighted by molar-refractivity contribution is 7.98. The Hall–Kier alpha value is -0.950. The molecule has 114 valence electrons. The number of thioether (sulfide) groups is 1. The number of ether oxygens (including phenoxy) is 1. The lowest BCUT2D eigenvalue weighted by Crippen LogP contribution is -2.46. The zero-order chi connectivity index (χ0) is 15.5. The number of alkyl carbamates (subject to hydrolysis) is 1. The fourth-order valence-electron chi connectivity index (χ4n) is 0.971. The molecule has 7 heteroatoms. The van der Waals surface area contributed by atoms with Crippen molar-refractivity contribution in [2.75, 3.05) is 18.6 Å². The van der Waals surface area contributed by atoms with E-state index in [2.05, 4.69) is 5.32 Å². The Morgan fingerprint density at radius 1 is 1.42 bits per heavy atom. The Morgan fingerprint density at radius 3 is 2.21 bits per heavy atom. The Labute approximate surface area is 119 Å². The topological polar surface area (TPSA) is 102 Å². The molecule has 0 rings (SSSR count). The molecule has 0 aliphatic carbocycles. The van der Waals surface area contributed by atoms with Gasteiger partial charge in [-0.2, -0.15) is 11.8 Å². The minimum atomic E-state index is -0.665. The van der Waals surface area contributed by atoms with E-state index in [4.69, 9.17) is 15.6 Å². The summed E-state index contributed by atoms with van der Waals surface area (Å²) in [6.07, 6.45) is 1.82. The number of amides is 2. The lowest BCUT2D eigenvalue weighted by atomic mass is 10.2. The summed E-state index contributed by atoms with van der Waals surface area (Å²) >= 11 is 1.59. The predicted molar refractivity (Wildman–Crippen MR) is 78.1 cm³/mol. The van der Waals surface area contributed by atoms with Crippen molar-refractivity contribution in [3.63, 3.8) is 0 Å². The molecule has 1 unspecified atom stereocenters. The van der Waals surface area contributed by atoms with Crippen LogP contribution in [0.4, 0.5) is 4.79 Å². The Kier molecular flexibility index (Phi) is 11.7. The zero-order valence-electron chi connectivity index (χ0n) is 12.4. The molecule has 1 atom stereocenters. The van der Waals surface area contributed by atoms with Crippen LogP contribution in [0.1, 0.15) is 34.1 Å². The van der Waals surface area contributed by atoms with Crippen molar-refractivity contribution in [3.8, 4) is 0 Å². The van der Waals surface area contributed by atoms with Crippen LogP contribution >= 0.6 is 11.8 Å². The van der Waals surface area contributed by atoms with Gasteiger partial charge in [-0.25, -0.2) is 4.79 Å². The number of nitrogens with two attached hydrogens (primary N) is 1. The van der Waals surface area contributed by atoms with Gasteiger partial charge in [0.15, 0.2) is 0 Å². The normalized spacial score (nSPS) is 11.9. The van der Waals surface area contributed by atoms with Crippen molar-refractivity contribution in [2.24, 2.45) is 5.73 Å². The smallest absolute Gasteiger partial charge is 0.408 e. The van der Waals surface area contributed by atoms with Crippen LogP contribution in [-0.4, -0.2) is 47.4 Å². The molecule has 0 aromatic rings. The van der Waals surface area contributed by atoms with Gasteiger partial charge in [0, 0.05) is 6.61 Å². The molecule has 6 nitrogen and oxygen atoms in total. The van der Waals surface area contributed by atoms with Crippen LogP contribution in [0.3, 0.4) is 0 Å². The fraction of sp³-hybridized carbons (Fsp3) is 0.833. The monoisotopic (exact) mass is 294 g/mol. The van der Waals surface area contributed by atoms with E-state index < -0.39 is 23.6 Å². The maximum Gasteiger partial charge on any atom is 0.408 e. The van der Waals surface area contributed by atoms with Gasteiger partial charge in [-0.3, -0.25) is 4.79 Å². The molecular weight excluding hydrogens is 268 g/mol. The summed E-state index contributed by atoms with van der Waals surface area (Å²) < 4.78 is 5.03. The summed E-state index contributed by atoms with van der Waals surface area (Å²) in [5, 5.41) is 10.0. The first-order valence-corrected chi connectivity index (χ1v) is 7.45. The molecule has 19 heavy (non-hydrogen) atoms. The Balaban J connectivity index is 0. The minimum Gasteiger partial charge on any atom is -0.444 e. The number of nitrogens with one attached hydrogen (secondary N) is 1. The largest absolute Gasteiger partial charge is 0.444 e. The molecular formula is C12H26N2O4S. The molecule has 0 fully saturated rings. The third-order valence-corrected chi connectivity index (χ3v) is 2.29. The second-order valence-electron chi connectivity index (χ2n) is 4.70. The van der Waals surface area contributed by atoms with Crippen molar-refractivity contribution < 1.29 is 19.4 Å². The maximum absolute atomic E-state index is 11.4. The Bertz CT molecular complexity index is 267. The molecule has 0 spiro atoms. The van der Waals surface area contributed by atoms with E-state index >= 15 is 0 Å². The van der Waals surface area contributed by atoms with E-state index in [1.807, 2.05) is 6.26 Å². The van der Waals surface area contributed by atoms with Crippen molar-refractivity contribution in [1.29, 1.82) is 0 Å². The number of rotatable bonds is 5. The number of hydrogen-bond acceptors (Lipinski definition) is 5. The van der Waals surface area contributed by atoms with Crippen molar-refractivity contribution in [2.45, 2.75) is 45.8 Å². The van der Waals surface area contributed by atoms with Gasteiger partial charge in [0.1, 0.15) is 11.6 Å². The van der Waals surface area contributed by atoms with Gasteiger partial charge in [-0.15, -0.1) is 0 Å².